The molecule has 0 spiro atoms. The highest BCUT2D eigenvalue weighted by molar-refractivity contribution is 5.98. The zero-order chi connectivity index (χ0) is 13.0. The Bertz CT molecular complexity index is 467. The average Bonchev–Trinajstić information content (AvgIpc) is 2.91. The van der Waals surface area contributed by atoms with Gasteiger partial charge in [-0.15, -0.1) is 0 Å². The predicted octanol–water partition coefficient (Wildman–Crippen LogP) is -0.0388. The normalized spacial score (nSPS) is 40.6. The minimum Gasteiger partial charge on any atom is -0.456 e. The van der Waals surface area contributed by atoms with Crippen LogP contribution in [0.3, 0.4) is 0 Å². The summed E-state index contributed by atoms with van der Waals surface area (Å²) in [5.41, 5.74) is 0.291. The highest BCUT2D eigenvalue weighted by atomic mass is 16.6. The summed E-state index contributed by atoms with van der Waals surface area (Å²) in [5, 5.41) is 0. The van der Waals surface area contributed by atoms with Gasteiger partial charge < -0.3 is 14.2 Å². The van der Waals surface area contributed by atoms with Crippen molar-refractivity contribution in [2.75, 3.05) is 0 Å². The third-order valence-electron chi connectivity index (χ3n) is 3.66. The summed E-state index contributed by atoms with van der Waals surface area (Å²) in [6.07, 6.45) is -1.03. The van der Waals surface area contributed by atoms with Crippen LogP contribution in [0.15, 0.2) is 12.2 Å². The number of esters is 3. The molecule has 3 heterocycles. The van der Waals surface area contributed by atoms with Gasteiger partial charge in [0.2, 0.25) is 0 Å². The van der Waals surface area contributed by atoms with Gasteiger partial charge in [-0.05, 0) is 6.92 Å². The summed E-state index contributed by atoms with van der Waals surface area (Å²) in [5.74, 6) is -2.76. The molecule has 2 bridgehead atoms. The van der Waals surface area contributed by atoms with Gasteiger partial charge in [0.25, 0.3) is 0 Å². The smallest absolute Gasteiger partial charge is 0.333 e. The van der Waals surface area contributed by atoms with Crippen molar-refractivity contribution >= 4 is 17.9 Å². The van der Waals surface area contributed by atoms with Crippen LogP contribution in [0.25, 0.3) is 0 Å². The maximum absolute atomic E-state index is 11.5. The first kappa shape index (κ1) is 11.4. The van der Waals surface area contributed by atoms with Crippen LogP contribution in [0.4, 0.5) is 0 Å². The molecule has 0 radical (unpaired) electrons. The molecule has 5 unspecified atom stereocenters. The van der Waals surface area contributed by atoms with Crippen LogP contribution in [-0.4, -0.2) is 36.2 Å². The molecule has 0 aromatic carbocycles. The molecule has 0 saturated carbocycles. The van der Waals surface area contributed by atoms with Crippen molar-refractivity contribution in [3.05, 3.63) is 12.2 Å². The largest absolute Gasteiger partial charge is 0.456 e. The van der Waals surface area contributed by atoms with Crippen molar-refractivity contribution in [2.24, 2.45) is 11.8 Å². The van der Waals surface area contributed by atoms with Crippen molar-refractivity contribution in [3.63, 3.8) is 0 Å². The predicted molar refractivity (Wildman–Crippen MR) is 56.1 cm³/mol. The second kappa shape index (κ2) is 3.65. The molecule has 96 valence electrons. The maximum atomic E-state index is 11.5. The van der Waals surface area contributed by atoms with Crippen molar-refractivity contribution < 1.29 is 28.6 Å². The number of ether oxygens (including phenoxy) is 3. The molecule has 3 fully saturated rings. The SMILES string of the molecule is C=C(C)C(=O)OC1CC2OC1C1C(=O)OC(=O)C21. The van der Waals surface area contributed by atoms with E-state index < -0.39 is 42.0 Å². The van der Waals surface area contributed by atoms with Gasteiger partial charge in [0.15, 0.2) is 0 Å². The van der Waals surface area contributed by atoms with E-state index in [-0.39, 0.29) is 6.10 Å². The van der Waals surface area contributed by atoms with Gasteiger partial charge in [0.05, 0.1) is 12.0 Å². The molecule has 0 aromatic rings. The maximum Gasteiger partial charge on any atom is 0.333 e. The fourth-order valence-corrected chi connectivity index (χ4v) is 2.86. The number of carbonyl (C=O) groups excluding carboxylic acids is 3. The molecule has 0 aromatic heterocycles. The Morgan fingerprint density at radius 2 is 2.00 bits per heavy atom. The Hall–Kier alpha value is -1.69. The lowest BCUT2D eigenvalue weighted by atomic mass is 9.79. The summed E-state index contributed by atoms with van der Waals surface area (Å²) in [7, 11) is 0. The van der Waals surface area contributed by atoms with Crippen LogP contribution in [0.2, 0.25) is 0 Å². The van der Waals surface area contributed by atoms with Gasteiger partial charge >= 0.3 is 17.9 Å². The summed E-state index contributed by atoms with van der Waals surface area (Å²) < 4.78 is 15.4. The lowest BCUT2D eigenvalue weighted by Crippen LogP contribution is -2.40. The standard InChI is InChI=1S/C12H12O6/c1-4(2)10(13)17-6-3-5-7-8(9(6)16-5)12(15)18-11(7)14/h5-9H,1,3H2,2H3. The first-order chi connectivity index (χ1) is 8.49. The molecule has 3 aliphatic rings. The Morgan fingerprint density at radius 1 is 1.33 bits per heavy atom. The molecule has 3 aliphatic heterocycles. The number of rotatable bonds is 2. The number of fused-ring (bicyclic) bond motifs is 5. The number of hydrogen-bond donors (Lipinski definition) is 0. The first-order valence-corrected chi connectivity index (χ1v) is 5.76. The second-order valence-electron chi connectivity index (χ2n) is 4.89. The molecule has 6 nitrogen and oxygen atoms in total. The van der Waals surface area contributed by atoms with Crippen LogP contribution < -0.4 is 0 Å². The zero-order valence-corrected chi connectivity index (χ0v) is 9.75. The number of hydrogen-bond acceptors (Lipinski definition) is 6. The number of carbonyl (C=O) groups is 3. The zero-order valence-electron chi connectivity index (χ0n) is 9.75. The topological polar surface area (TPSA) is 78.9 Å². The Kier molecular flexibility index (Phi) is 2.31. The third-order valence-corrected chi connectivity index (χ3v) is 3.66. The minimum absolute atomic E-state index is 0.291. The van der Waals surface area contributed by atoms with Gasteiger partial charge in [-0.1, -0.05) is 6.58 Å². The average molecular weight is 252 g/mol. The van der Waals surface area contributed by atoms with E-state index in [4.69, 9.17) is 9.47 Å². The van der Waals surface area contributed by atoms with Crippen molar-refractivity contribution in [2.45, 2.75) is 31.7 Å². The van der Waals surface area contributed by atoms with E-state index in [9.17, 15) is 14.4 Å². The molecule has 0 aliphatic carbocycles. The summed E-state index contributed by atoms with van der Waals surface area (Å²) in [6, 6.07) is 0. The fourth-order valence-electron chi connectivity index (χ4n) is 2.86. The van der Waals surface area contributed by atoms with E-state index in [1.165, 1.54) is 0 Å². The van der Waals surface area contributed by atoms with Crippen molar-refractivity contribution in [1.29, 1.82) is 0 Å². The third kappa shape index (κ3) is 1.42. The molecule has 6 heteroatoms. The van der Waals surface area contributed by atoms with Crippen molar-refractivity contribution in [1.82, 2.24) is 0 Å². The molecule has 3 rings (SSSR count). The summed E-state index contributed by atoms with van der Waals surface area (Å²) in [4.78, 5) is 34.4. The van der Waals surface area contributed by atoms with Crippen LogP contribution in [0.5, 0.6) is 0 Å². The van der Waals surface area contributed by atoms with Gasteiger partial charge in [-0.2, -0.15) is 0 Å². The van der Waals surface area contributed by atoms with Crippen molar-refractivity contribution in [3.8, 4) is 0 Å². The van der Waals surface area contributed by atoms with Gasteiger partial charge in [0.1, 0.15) is 18.1 Å². The van der Waals surface area contributed by atoms with Gasteiger partial charge in [-0.25, -0.2) is 4.79 Å². The molecular formula is C12H12O6. The quantitative estimate of drug-likeness (QED) is 0.390. The van der Waals surface area contributed by atoms with E-state index in [1.54, 1.807) is 6.92 Å². The van der Waals surface area contributed by atoms with E-state index in [0.29, 0.717) is 12.0 Å². The van der Waals surface area contributed by atoms with E-state index >= 15 is 0 Å². The van der Waals surface area contributed by atoms with E-state index in [1.807, 2.05) is 0 Å². The molecule has 5 atom stereocenters. The van der Waals surface area contributed by atoms with Crippen LogP contribution >= 0.6 is 0 Å². The highest BCUT2D eigenvalue weighted by Gasteiger charge is 2.65. The Balaban J connectivity index is 1.77. The first-order valence-electron chi connectivity index (χ1n) is 5.76. The van der Waals surface area contributed by atoms with Gasteiger partial charge in [-0.3, -0.25) is 9.59 Å². The molecular weight excluding hydrogens is 240 g/mol. The molecule has 3 saturated heterocycles. The molecule has 0 N–H and O–H groups in total. The van der Waals surface area contributed by atoms with Crippen LogP contribution in [0.1, 0.15) is 13.3 Å². The Labute approximate surface area is 103 Å². The van der Waals surface area contributed by atoms with E-state index in [0.717, 1.165) is 0 Å². The summed E-state index contributed by atoms with van der Waals surface area (Å²) in [6.45, 7) is 5.04. The fraction of sp³-hybridized carbons (Fsp3) is 0.583. The van der Waals surface area contributed by atoms with E-state index in [2.05, 4.69) is 11.3 Å². The highest BCUT2D eigenvalue weighted by Crippen LogP contribution is 2.48. The summed E-state index contributed by atoms with van der Waals surface area (Å²) >= 11 is 0. The molecule has 18 heavy (non-hydrogen) atoms. The van der Waals surface area contributed by atoms with Crippen LogP contribution in [0, 0.1) is 11.8 Å². The monoisotopic (exact) mass is 252 g/mol. The minimum atomic E-state index is -0.626. The lowest BCUT2D eigenvalue weighted by molar-refractivity contribution is -0.159. The molecule has 0 amide bonds. The second-order valence-corrected chi connectivity index (χ2v) is 4.89. The lowest BCUT2D eigenvalue weighted by Gasteiger charge is -2.24. The number of cyclic esters (lactones) is 2. The van der Waals surface area contributed by atoms with Crippen LogP contribution in [-0.2, 0) is 28.6 Å². The Morgan fingerprint density at radius 3 is 2.67 bits per heavy atom. The van der Waals surface area contributed by atoms with Gasteiger partial charge in [0, 0.05) is 12.0 Å².